The van der Waals surface area contributed by atoms with E-state index in [9.17, 15) is 0 Å². The zero-order chi connectivity index (χ0) is 14.4. The van der Waals surface area contributed by atoms with Crippen LogP contribution in [0.1, 0.15) is 16.7 Å². The lowest BCUT2D eigenvalue weighted by Crippen LogP contribution is -1.99. The van der Waals surface area contributed by atoms with Crippen molar-refractivity contribution in [2.45, 2.75) is 20.0 Å². The Bertz CT molecular complexity index is 547. The molecule has 0 saturated carbocycles. The van der Waals surface area contributed by atoms with Crippen LogP contribution in [0.3, 0.4) is 0 Å². The normalized spacial score (nSPS) is 10.3. The first-order valence-corrected chi connectivity index (χ1v) is 6.69. The molecule has 0 aliphatic rings. The molecule has 20 heavy (non-hydrogen) atoms. The van der Waals surface area contributed by atoms with Gasteiger partial charge in [0.25, 0.3) is 0 Å². The predicted molar refractivity (Wildman–Crippen MR) is 79.3 cm³/mol. The molecule has 0 atom stereocenters. The van der Waals surface area contributed by atoms with Gasteiger partial charge in [0.2, 0.25) is 0 Å². The summed E-state index contributed by atoms with van der Waals surface area (Å²) in [6.07, 6.45) is 0.673. The summed E-state index contributed by atoms with van der Waals surface area (Å²) in [5, 5.41) is 8.88. The fourth-order valence-corrected chi connectivity index (χ4v) is 2.06. The van der Waals surface area contributed by atoms with Crippen molar-refractivity contribution >= 4 is 0 Å². The van der Waals surface area contributed by atoms with Gasteiger partial charge in [-0.15, -0.1) is 0 Å². The highest BCUT2D eigenvalue weighted by Gasteiger charge is 2.04. The number of hydrogen-bond donors (Lipinski definition) is 1. The fraction of sp³-hybridized carbons (Fsp3) is 0.294. The first-order chi connectivity index (χ1) is 9.72. The van der Waals surface area contributed by atoms with Gasteiger partial charge in [-0.3, -0.25) is 0 Å². The number of methoxy groups -OCH3 is 1. The molecule has 0 aliphatic carbocycles. The van der Waals surface area contributed by atoms with Crippen molar-refractivity contribution < 1.29 is 14.6 Å². The second-order valence-electron chi connectivity index (χ2n) is 4.72. The summed E-state index contributed by atoms with van der Waals surface area (Å²) in [7, 11) is 1.66. The third kappa shape index (κ3) is 3.75. The molecule has 2 rings (SSSR count). The maximum absolute atomic E-state index is 8.88. The average Bonchev–Trinajstić information content (AvgIpc) is 2.47. The molecule has 0 bridgehead atoms. The summed E-state index contributed by atoms with van der Waals surface area (Å²) in [5.41, 5.74) is 3.32. The van der Waals surface area contributed by atoms with Gasteiger partial charge in [-0.25, -0.2) is 0 Å². The van der Waals surface area contributed by atoms with Gasteiger partial charge in [0.1, 0.15) is 18.1 Å². The lowest BCUT2D eigenvalue weighted by molar-refractivity contribution is 0.294. The molecule has 2 aromatic carbocycles. The highest BCUT2D eigenvalue weighted by atomic mass is 16.5. The number of aliphatic hydroxyl groups excluding tert-OH is 1. The van der Waals surface area contributed by atoms with E-state index >= 15 is 0 Å². The summed E-state index contributed by atoms with van der Waals surface area (Å²) in [5.74, 6) is 1.66. The molecule has 1 N–H and O–H groups in total. The molecule has 3 heteroatoms. The number of ether oxygens (including phenoxy) is 2. The topological polar surface area (TPSA) is 38.7 Å². The van der Waals surface area contributed by atoms with Crippen molar-refractivity contribution in [3.05, 3.63) is 59.2 Å². The molecule has 106 valence electrons. The Balaban J connectivity index is 2.02. The molecular weight excluding hydrogens is 252 g/mol. The first kappa shape index (κ1) is 14.4. The number of benzene rings is 2. The van der Waals surface area contributed by atoms with Crippen LogP contribution in [0.5, 0.6) is 11.5 Å². The fourth-order valence-electron chi connectivity index (χ4n) is 2.06. The van der Waals surface area contributed by atoms with E-state index in [1.165, 1.54) is 5.56 Å². The van der Waals surface area contributed by atoms with Gasteiger partial charge in [0.05, 0.1) is 7.11 Å². The highest BCUT2D eigenvalue weighted by Crippen LogP contribution is 2.22. The molecule has 0 spiro atoms. The summed E-state index contributed by atoms with van der Waals surface area (Å²) in [6, 6.07) is 13.8. The average molecular weight is 272 g/mol. The largest absolute Gasteiger partial charge is 0.496 e. The Labute approximate surface area is 119 Å². The van der Waals surface area contributed by atoms with Crippen LogP contribution >= 0.6 is 0 Å². The molecule has 0 aromatic heterocycles. The third-order valence-corrected chi connectivity index (χ3v) is 3.15. The smallest absolute Gasteiger partial charge is 0.125 e. The van der Waals surface area contributed by atoms with Crippen LogP contribution in [0.2, 0.25) is 0 Å². The Hall–Kier alpha value is -2.00. The number of rotatable bonds is 6. The minimum Gasteiger partial charge on any atom is -0.496 e. The van der Waals surface area contributed by atoms with E-state index in [1.807, 2.05) is 43.3 Å². The second kappa shape index (κ2) is 6.96. The van der Waals surface area contributed by atoms with Gasteiger partial charge in [-0.05, 0) is 43.2 Å². The molecule has 3 nitrogen and oxygen atoms in total. The van der Waals surface area contributed by atoms with E-state index in [-0.39, 0.29) is 6.61 Å². The lowest BCUT2D eigenvalue weighted by Gasteiger charge is -2.11. The van der Waals surface area contributed by atoms with E-state index < -0.39 is 0 Å². The second-order valence-corrected chi connectivity index (χ2v) is 4.72. The third-order valence-electron chi connectivity index (χ3n) is 3.15. The Morgan fingerprint density at radius 3 is 2.45 bits per heavy atom. The SMILES string of the molecule is COc1ccc(C)cc1COc1ccc(CCO)cc1. The molecule has 0 unspecified atom stereocenters. The van der Waals surface area contributed by atoms with Crippen LogP contribution in [0, 0.1) is 6.92 Å². The van der Waals surface area contributed by atoms with Gasteiger partial charge >= 0.3 is 0 Å². The Morgan fingerprint density at radius 1 is 1.05 bits per heavy atom. The minimum atomic E-state index is 0.167. The summed E-state index contributed by atoms with van der Waals surface area (Å²) in [6.45, 7) is 2.69. The zero-order valence-corrected chi connectivity index (χ0v) is 11.9. The summed E-state index contributed by atoms with van der Waals surface area (Å²) >= 11 is 0. The minimum absolute atomic E-state index is 0.167. The maximum Gasteiger partial charge on any atom is 0.125 e. The highest BCUT2D eigenvalue weighted by molar-refractivity contribution is 5.37. The lowest BCUT2D eigenvalue weighted by atomic mass is 10.1. The molecule has 0 radical (unpaired) electrons. The zero-order valence-electron chi connectivity index (χ0n) is 11.9. The van der Waals surface area contributed by atoms with E-state index in [0.717, 1.165) is 22.6 Å². The van der Waals surface area contributed by atoms with Crippen molar-refractivity contribution in [2.24, 2.45) is 0 Å². The molecule has 0 aliphatic heterocycles. The van der Waals surface area contributed by atoms with Gasteiger partial charge in [0, 0.05) is 12.2 Å². The van der Waals surface area contributed by atoms with Crippen molar-refractivity contribution in [3.63, 3.8) is 0 Å². The van der Waals surface area contributed by atoms with Gasteiger partial charge < -0.3 is 14.6 Å². The monoisotopic (exact) mass is 272 g/mol. The van der Waals surface area contributed by atoms with Crippen molar-refractivity contribution in [2.75, 3.05) is 13.7 Å². The number of aliphatic hydroxyl groups is 1. The molecule has 0 fully saturated rings. The van der Waals surface area contributed by atoms with E-state index in [4.69, 9.17) is 14.6 Å². The van der Waals surface area contributed by atoms with E-state index in [2.05, 4.69) is 6.07 Å². The van der Waals surface area contributed by atoms with E-state index in [1.54, 1.807) is 7.11 Å². The van der Waals surface area contributed by atoms with Gasteiger partial charge in [-0.1, -0.05) is 23.8 Å². The van der Waals surface area contributed by atoms with Crippen LogP contribution in [0.4, 0.5) is 0 Å². The summed E-state index contributed by atoms with van der Waals surface area (Å²) in [4.78, 5) is 0. The standard InChI is InChI=1S/C17H20O3/c1-13-3-8-17(19-2)15(11-13)12-20-16-6-4-14(5-7-16)9-10-18/h3-8,11,18H,9-10,12H2,1-2H3. The number of aryl methyl sites for hydroxylation is 1. The number of hydrogen-bond acceptors (Lipinski definition) is 3. The Morgan fingerprint density at radius 2 is 1.80 bits per heavy atom. The van der Waals surface area contributed by atoms with Crippen LogP contribution in [-0.2, 0) is 13.0 Å². The van der Waals surface area contributed by atoms with Crippen LogP contribution in [0.25, 0.3) is 0 Å². The van der Waals surface area contributed by atoms with Crippen LogP contribution in [-0.4, -0.2) is 18.8 Å². The molecule has 2 aromatic rings. The predicted octanol–water partition coefficient (Wildman–Crippen LogP) is 3.12. The van der Waals surface area contributed by atoms with Crippen LogP contribution in [0.15, 0.2) is 42.5 Å². The maximum atomic E-state index is 8.88. The molecule has 0 saturated heterocycles. The quantitative estimate of drug-likeness (QED) is 0.878. The van der Waals surface area contributed by atoms with Crippen molar-refractivity contribution in [1.82, 2.24) is 0 Å². The van der Waals surface area contributed by atoms with Gasteiger partial charge in [-0.2, -0.15) is 0 Å². The Kier molecular flexibility index (Phi) is 5.02. The van der Waals surface area contributed by atoms with E-state index in [0.29, 0.717) is 13.0 Å². The summed E-state index contributed by atoms with van der Waals surface area (Å²) < 4.78 is 11.1. The van der Waals surface area contributed by atoms with Crippen molar-refractivity contribution in [1.29, 1.82) is 0 Å². The molecule has 0 amide bonds. The molecule has 0 heterocycles. The van der Waals surface area contributed by atoms with Crippen molar-refractivity contribution in [3.8, 4) is 11.5 Å². The van der Waals surface area contributed by atoms with Crippen LogP contribution < -0.4 is 9.47 Å². The van der Waals surface area contributed by atoms with Gasteiger partial charge in [0.15, 0.2) is 0 Å². The molecular formula is C17H20O3. The first-order valence-electron chi connectivity index (χ1n) is 6.69.